The largest absolute Gasteiger partial charge is 0.477 e. The molecule has 112 valence electrons. The first-order chi connectivity index (χ1) is 9.81. The summed E-state index contributed by atoms with van der Waals surface area (Å²) < 4.78 is 1.69. The third-order valence-corrected chi connectivity index (χ3v) is 3.43. The van der Waals surface area contributed by atoms with Gasteiger partial charge in [-0.1, -0.05) is 0 Å². The number of amides is 1. The predicted molar refractivity (Wildman–Crippen MR) is 76.3 cm³/mol. The fourth-order valence-corrected chi connectivity index (χ4v) is 2.39. The molecule has 21 heavy (non-hydrogen) atoms. The van der Waals surface area contributed by atoms with Crippen LogP contribution in [-0.4, -0.2) is 31.7 Å². The zero-order valence-electron chi connectivity index (χ0n) is 12.4. The number of rotatable bonds is 4. The molecule has 0 aliphatic carbocycles. The molecule has 0 radical (unpaired) electrons. The molecule has 2 heterocycles. The van der Waals surface area contributed by atoms with Gasteiger partial charge in [-0.3, -0.25) is 9.48 Å². The summed E-state index contributed by atoms with van der Waals surface area (Å²) in [5, 5.41) is 16.1. The number of hydrogen-bond acceptors (Lipinski definition) is 3. The molecule has 0 aliphatic rings. The van der Waals surface area contributed by atoms with Gasteiger partial charge in [-0.05, 0) is 26.3 Å². The van der Waals surface area contributed by atoms with Crippen molar-refractivity contribution in [2.45, 2.75) is 27.3 Å². The fourth-order valence-electron chi connectivity index (χ4n) is 2.39. The molecule has 0 spiro atoms. The molecule has 2 aromatic rings. The summed E-state index contributed by atoms with van der Waals surface area (Å²) in [4.78, 5) is 26.1. The van der Waals surface area contributed by atoms with Crippen molar-refractivity contribution in [2.24, 2.45) is 7.05 Å². The highest BCUT2D eigenvalue weighted by molar-refractivity contribution is 6.00. The molecule has 0 saturated carbocycles. The Morgan fingerprint density at radius 2 is 2.05 bits per heavy atom. The van der Waals surface area contributed by atoms with Crippen LogP contribution >= 0.6 is 0 Å². The van der Waals surface area contributed by atoms with Crippen molar-refractivity contribution in [1.29, 1.82) is 0 Å². The van der Waals surface area contributed by atoms with E-state index in [1.54, 1.807) is 18.5 Å². The van der Waals surface area contributed by atoms with Gasteiger partial charge in [-0.25, -0.2) is 4.79 Å². The van der Waals surface area contributed by atoms with E-state index in [1.807, 2.05) is 20.2 Å². The van der Waals surface area contributed by atoms with Crippen molar-refractivity contribution in [3.8, 4) is 0 Å². The van der Waals surface area contributed by atoms with Crippen molar-refractivity contribution in [3.05, 3.63) is 40.0 Å². The van der Waals surface area contributed by atoms with Gasteiger partial charge in [0.05, 0.1) is 11.3 Å². The Balaban J connectivity index is 2.18. The predicted octanol–water partition coefficient (Wildman–Crippen LogP) is 1.30. The van der Waals surface area contributed by atoms with E-state index in [4.69, 9.17) is 5.11 Å². The minimum Gasteiger partial charge on any atom is -0.477 e. The van der Waals surface area contributed by atoms with E-state index in [1.165, 1.54) is 0 Å². The Morgan fingerprint density at radius 3 is 2.52 bits per heavy atom. The van der Waals surface area contributed by atoms with E-state index in [9.17, 15) is 9.59 Å². The molecule has 7 heteroatoms. The summed E-state index contributed by atoms with van der Waals surface area (Å²) in [5.41, 5.74) is 3.21. The maximum Gasteiger partial charge on any atom is 0.352 e. The summed E-state index contributed by atoms with van der Waals surface area (Å²) in [6.45, 7) is 5.53. The standard InChI is InChI=1S/C14H18N4O3/c1-7-11(9(3)16-12(7)14(20)21)13(19)15-5-10-6-18(4)17-8(10)2/h6,16H,5H2,1-4H3,(H,15,19)(H,20,21). The number of carbonyl (C=O) groups excluding carboxylic acids is 1. The summed E-state index contributed by atoms with van der Waals surface area (Å²) in [6, 6.07) is 0. The number of carboxylic acid groups (broad SMARTS) is 1. The lowest BCUT2D eigenvalue weighted by Gasteiger charge is -2.05. The second-order valence-corrected chi connectivity index (χ2v) is 5.03. The molecule has 0 bridgehead atoms. The van der Waals surface area contributed by atoms with Crippen molar-refractivity contribution < 1.29 is 14.7 Å². The molecule has 3 N–H and O–H groups in total. The number of aromatic amines is 1. The maximum absolute atomic E-state index is 12.3. The molecule has 0 saturated heterocycles. The zero-order valence-corrected chi connectivity index (χ0v) is 12.4. The smallest absolute Gasteiger partial charge is 0.352 e. The highest BCUT2D eigenvalue weighted by Gasteiger charge is 2.21. The van der Waals surface area contributed by atoms with E-state index in [0.717, 1.165) is 11.3 Å². The first kappa shape index (κ1) is 14.8. The number of aryl methyl sites for hydroxylation is 3. The quantitative estimate of drug-likeness (QED) is 0.790. The van der Waals surface area contributed by atoms with Crippen LogP contribution in [0.3, 0.4) is 0 Å². The van der Waals surface area contributed by atoms with Crippen LogP contribution in [0.15, 0.2) is 6.20 Å². The Kier molecular flexibility index (Phi) is 3.84. The van der Waals surface area contributed by atoms with Gasteiger partial charge in [-0.2, -0.15) is 5.10 Å². The number of carboxylic acids is 1. The van der Waals surface area contributed by atoms with Crippen LogP contribution < -0.4 is 5.32 Å². The zero-order chi connectivity index (χ0) is 15.7. The molecule has 0 unspecified atom stereocenters. The molecular weight excluding hydrogens is 272 g/mol. The minimum atomic E-state index is -1.07. The second-order valence-electron chi connectivity index (χ2n) is 5.03. The van der Waals surface area contributed by atoms with Crippen molar-refractivity contribution >= 4 is 11.9 Å². The number of hydrogen-bond donors (Lipinski definition) is 3. The molecule has 0 aromatic carbocycles. The molecule has 7 nitrogen and oxygen atoms in total. The maximum atomic E-state index is 12.3. The topological polar surface area (TPSA) is 100 Å². The normalized spacial score (nSPS) is 10.7. The number of aromatic carboxylic acids is 1. The molecule has 1 amide bonds. The van der Waals surface area contributed by atoms with Crippen LogP contribution in [0.1, 0.15) is 43.4 Å². The minimum absolute atomic E-state index is 0.0511. The van der Waals surface area contributed by atoms with Gasteiger partial charge in [0, 0.05) is 31.0 Å². The van der Waals surface area contributed by atoms with E-state index >= 15 is 0 Å². The van der Waals surface area contributed by atoms with Crippen molar-refractivity contribution in [1.82, 2.24) is 20.1 Å². The van der Waals surface area contributed by atoms with E-state index in [-0.39, 0.29) is 11.6 Å². The van der Waals surface area contributed by atoms with Crippen molar-refractivity contribution in [3.63, 3.8) is 0 Å². The highest BCUT2D eigenvalue weighted by atomic mass is 16.4. The number of aromatic nitrogens is 3. The molecule has 2 rings (SSSR count). The van der Waals surface area contributed by atoms with Crippen LogP contribution in [0.4, 0.5) is 0 Å². The average molecular weight is 290 g/mol. The summed E-state index contributed by atoms with van der Waals surface area (Å²) in [5.74, 6) is -1.37. The van der Waals surface area contributed by atoms with Crippen LogP contribution in [0.2, 0.25) is 0 Å². The van der Waals surface area contributed by atoms with Gasteiger partial charge in [0.15, 0.2) is 0 Å². The first-order valence-corrected chi connectivity index (χ1v) is 6.51. The monoisotopic (exact) mass is 290 g/mol. The molecule has 0 atom stereocenters. The molecule has 2 aromatic heterocycles. The summed E-state index contributed by atoms with van der Waals surface area (Å²) in [7, 11) is 1.82. The van der Waals surface area contributed by atoms with E-state index in [2.05, 4.69) is 15.4 Å². The number of nitrogens with one attached hydrogen (secondary N) is 2. The molecule has 0 aliphatic heterocycles. The summed E-state index contributed by atoms with van der Waals surface area (Å²) in [6.07, 6.45) is 1.84. The van der Waals surface area contributed by atoms with E-state index in [0.29, 0.717) is 23.4 Å². The number of nitrogens with zero attached hydrogens (tertiary/aromatic N) is 2. The van der Waals surface area contributed by atoms with Crippen LogP contribution in [0.25, 0.3) is 0 Å². The fraction of sp³-hybridized carbons (Fsp3) is 0.357. The number of carbonyl (C=O) groups is 2. The lowest BCUT2D eigenvalue weighted by Crippen LogP contribution is -2.24. The van der Waals surface area contributed by atoms with Gasteiger partial charge in [0.25, 0.3) is 5.91 Å². The van der Waals surface area contributed by atoms with Gasteiger partial charge in [0.2, 0.25) is 0 Å². The van der Waals surface area contributed by atoms with E-state index < -0.39 is 5.97 Å². The SMILES string of the molecule is Cc1nn(C)cc1CNC(=O)c1c(C)[nH]c(C(=O)O)c1C. The third-order valence-electron chi connectivity index (χ3n) is 3.43. The van der Waals surface area contributed by atoms with Gasteiger partial charge >= 0.3 is 5.97 Å². The molecule has 0 fully saturated rings. The lowest BCUT2D eigenvalue weighted by atomic mass is 10.1. The second kappa shape index (κ2) is 5.43. The van der Waals surface area contributed by atoms with Crippen molar-refractivity contribution in [2.75, 3.05) is 0 Å². The van der Waals surface area contributed by atoms with Crippen LogP contribution in [0, 0.1) is 20.8 Å². The summed E-state index contributed by atoms with van der Waals surface area (Å²) >= 11 is 0. The Hall–Kier alpha value is -2.57. The van der Waals surface area contributed by atoms with Crippen LogP contribution in [-0.2, 0) is 13.6 Å². The van der Waals surface area contributed by atoms with Gasteiger partial charge in [0.1, 0.15) is 5.69 Å². The Bertz CT molecular complexity index is 712. The highest BCUT2D eigenvalue weighted by Crippen LogP contribution is 2.18. The molecular formula is C14H18N4O3. The third kappa shape index (κ3) is 2.81. The van der Waals surface area contributed by atoms with Crippen LogP contribution in [0.5, 0.6) is 0 Å². The van der Waals surface area contributed by atoms with Gasteiger partial charge in [-0.15, -0.1) is 0 Å². The Labute approximate surface area is 122 Å². The average Bonchev–Trinajstić information content (AvgIpc) is 2.86. The number of H-pyrrole nitrogens is 1. The first-order valence-electron chi connectivity index (χ1n) is 6.51. The Morgan fingerprint density at radius 1 is 1.38 bits per heavy atom. The lowest BCUT2D eigenvalue weighted by molar-refractivity contribution is 0.0690. The van der Waals surface area contributed by atoms with Gasteiger partial charge < -0.3 is 15.4 Å².